The first-order chi connectivity index (χ1) is 14.3. The highest BCUT2D eigenvalue weighted by molar-refractivity contribution is 6.32. The van der Waals surface area contributed by atoms with Gasteiger partial charge < -0.3 is 21.5 Å². The molecule has 2 aromatic rings. The molecular formula is C20H21ClN8O. The SMILES string of the molecule is CC(C)CCOc1ccc(C2N=C(NC#N)Nc3nc(N)c(C#N)c(N)c32)cc1Cl. The molecule has 1 aromatic heterocycles. The lowest BCUT2D eigenvalue weighted by Gasteiger charge is -2.26. The van der Waals surface area contributed by atoms with E-state index in [9.17, 15) is 5.26 Å². The van der Waals surface area contributed by atoms with Crippen LogP contribution in [0, 0.1) is 28.7 Å². The van der Waals surface area contributed by atoms with E-state index < -0.39 is 6.04 Å². The molecule has 0 saturated heterocycles. The number of fused-ring (bicyclic) bond motifs is 1. The minimum Gasteiger partial charge on any atom is -0.492 e. The molecule has 6 N–H and O–H groups in total. The van der Waals surface area contributed by atoms with Crippen LogP contribution in [0.3, 0.4) is 0 Å². The van der Waals surface area contributed by atoms with E-state index in [-0.39, 0.29) is 23.0 Å². The zero-order chi connectivity index (χ0) is 21.8. The van der Waals surface area contributed by atoms with Crippen molar-refractivity contribution in [2.75, 3.05) is 23.4 Å². The van der Waals surface area contributed by atoms with Gasteiger partial charge in [0.05, 0.1) is 17.3 Å². The van der Waals surface area contributed by atoms with E-state index in [1.54, 1.807) is 12.1 Å². The van der Waals surface area contributed by atoms with Crippen LogP contribution in [0.5, 0.6) is 5.75 Å². The molecule has 154 valence electrons. The van der Waals surface area contributed by atoms with Gasteiger partial charge in [0.15, 0.2) is 6.19 Å². The quantitative estimate of drug-likeness (QED) is 0.420. The third kappa shape index (κ3) is 4.17. The van der Waals surface area contributed by atoms with Gasteiger partial charge in [-0.3, -0.25) is 5.32 Å². The summed E-state index contributed by atoms with van der Waals surface area (Å²) in [6.07, 6.45) is 2.72. The summed E-state index contributed by atoms with van der Waals surface area (Å²) in [5.41, 5.74) is 13.5. The number of hydrogen-bond donors (Lipinski definition) is 4. The van der Waals surface area contributed by atoms with Crippen molar-refractivity contribution in [3.05, 3.63) is 39.9 Å². The molecule has 1 aromatic carbocycles. The summed E-state index contributed by atoms with van der Waals surface area (Å²) in [6.45, 7) is 4.80. The summed E-state index contributed by atoms with van der Waals surface area (Å²) in [5.74, 6) is 1.57. The first-order valence-electron chi connectivity index (χ1n) is 9.26. The van der Waals surface area contributed by atoms with Gasteiger partial charge in [-0.15, -0.1) is 0 Å². The predicted octanol–water partition coefficient (Wildman–Crippen LogP) is 3.14. The fraction of sp³-hybridized carbons (Fsp3) is 0.300. The zero-order valence-electron chi connectivity index (χ0n) is 16.5. The summed E-state index contributed by atoms with van der Waals surface area (Å²) in [4.78, 5) is 8.73. The standard InChI is InChI=1S/C20H21ClN8O/c1-10(2)5-6-30-14-4-3-11(7-13(14)21)17-15-16(24)12(8-22)18(25)28-19(15)29-20(27-17)26-9-23/h3-4,7,10,17H,5-6H2,1-2H3,(H6,24,25,26,27,28,29). The highest BCUT2D eigenvalue weighted by Crippen LogP contribution is 2.41. The van der Waals surface area contributed by atoms with Crippen molar-refractivity contribution >= 4 is 34.9 Å². The van der Waals surface area contributed by atoms with E-state index in [0.717, 1.165) is 6.42 Å². The second-order valence-corrected chi connectivity index (χ2v) is 7.53. The predicted molar refractivity (Wildman–Crippen MR) is 116 cm³/mol. The van der Waals surface area contributed by atoms with Crippen molar-refractivity contribution in [3.63, 3.8) is 0 Å². The van der Waals surface area contributed by atoms with Crippen molar-refractivity contribution in [1.82, 2.24) is 10.3 Å². The Balaban J connectivity index is 2.04. The maximum atomic E-state index is 9.40. The van der Waals surface area contributed by atoms with E-state index in [2.05, 4.69) is 34.5 Å². The van der Waals surface area contributed by atoms with Crippen molar-refractivity contribution in [3.8, 4) is 18.0 Å². The van der Waals surface area contributed by atoms with Crippen LogP contribution in [-0.4, -0.2) is 17.6 Å². The summed E-state index contributed by atoms with van der Waals surface area (Å²) < 4.78 is 5.76. The smallest absolute Gasteiger partial charge is 0.211 e. The second-order valence-electron chi connectivity index (χ2n) is 7.12. The van der Waals surface area contributed by atoms with Gasteiger partial charge in [0.1, 0.15) is 35.1 Å². The number of nitrogens with zero attached hydrogens (tertiary/aromatic N) is 4. The minimum atomic E-state index is -0.653. The number of aromatic nitrogens is 1. The Morgan fingerprint density at radius 1 is 1.33 bits per heavy atom. The zero-order valence-corrected chi connectivity index (χ0v) is 17.3. The van der Waals surface area contributed by atoms with Crippen LogP contribution in [0.25, 0.3) is 0 Å². The molecule has 10 heteroatoms. The highest BCUT2D eigenvalue weighted by Gasteiger charge is 2.30. The van der Waals surface area contributed by atoms with Gasteiger partial charge in [0, 0.05) is 5.56 Å². The molecule has 2 heterocycles. The number of benzene rings is 1. The summed E-state index contributed by atoms with van der Waals surface area (Å²) in [7, 11) is 0. The molecule has 0 spiro atoms. The van der Waals surface area contributed by atoms with Crippen LogP contribution in [0.4, 0.5) is 17.3 Å². The van der Waals surface area contributed by atoms with E-state index in [4.69, 9.17) is 33.1 Å². The molecule has 0 bridgehead atoms. The molecule has 1 atom stereocenters. The maximum Gasteiger partial charge on any atom is 0.211 e. The molecule has 0 aliphatic carbocycles. The van der Waals surface area contributed by atoms with Crippen LogP contribution in [-0.2, 0) is 0 Å². The number of halogens is 1. The number of rotatable bonds is 5. The highest BCUT2D eigenvalue weighted by atomic mass is 35.5. The minimum absolute atomic E-state index is 0.00913. The van der Waals surface area contributed by atoms with Crippen molar-refractivity contribution in [2.45, 2.75) is 26.3 Å². The second kappa shape index (κ2) is 8.76. The number of guanidine groups is 1. The Bertz CT molecular complexity index is 1080. The molecule has 0 saturated carbocycles. The van der Waals surface area contributed by atoms with Gasteiger partial charge in [-0.2, -0.15) is 10.5 Å². The fourth-order valence-corrected chi connectivity index (χ4v) is 3.27. The lowest BCUT2D eigenvalue weighted by molar-refractivity contribution is 0.289. The van der Waals surface area contributed by atoms with Crippen LogP contribution >= 0.6 is 11.6 Å². The number of nitriles is 2. The van der Waals surface area contributed by atoms with Gasteiger partial charge in [-0.05, 0) is 30.0 Å². The summed E-state index contributed by atoms with van der Waals surface area (Å²) in [5, 5.41) is 24.1. The Labute approximate surface area is 179 Å². The monoisotopic (exact) mass is 424 g/mol. The molecule has 9 nitrogen and oxygen atoms in total. The first-order valence-corrected chi connectivity index (χ1v) is 9.64. The Hall–Kier alpha value is -3.69. The number of aliphatic imine (C=N–C) groups is 1. The number of nitrogens with two attached hydrogens (primary N) is 2. The first kappa shape index (κ1) is 21.0. The van der Waals surface area contributed by atoms with Gasteiger partial charge in [0.2, 0.25) is 5.96 Å². The van der Waals surface area contributed by atoms with Crippen molar-refractivity contribution in [1.29, 1.82) is 10.5 Å². The van der Waals surface area contributed by atoms with Crippen LogP contribution in [0.1, 0.15) is 43.0 Å². The molecule has 1 unspecified atom stereocenters. The van der Waals surface area contributed by atoms with Gasteiger partial charge in [-0.1, -0.05) is 31.5 Å². The normalized spacial score (nSPS) is 14.7. The summed E-state index contributed by atoms with van der Waals surface area (Å²) >= 11 is 6.44. The van der Waals surface area contributed by atoms with E-state index in [1.807, 2.05) is 18.3 Å². The molecule has 1 aliphatic heterocycles. The van der Waals surface area contributed by atoms with E-state index >= 15 is 0 Å². The van der Waals surface area contributed by atoms with Crippen molar-refractivity contribution < 1.29 is 4.74 Å². The average Bonchev–Trinajstić information content (AvgIpc) is 2.68. The number of anilines is 3. The van der Waals surface area contributed by atoms with E-state index in [1.165, 1.54) is 0 Å². The van der Waals surface area contributed by atoms with Crippen LogP contribution in [0.2, 0.25) is 5.02 Å². The van der Waals surface area contributed by atoms with Gasteiger partial charge in [0.25, 0.3) is 0 Å². The van der Waals surface area contributed by atoms with E-state index in [0.29, 0.717) is 40.2 Å². The molecule has 3 rings (SSSR count). The Morgan fingerprint density at radius 2 is 2.10 bits per heavy atom. The molecule has 0 radical (unpaired) electrons. The molecule has 0 amide bonds. The maximum absolute atomic E-state index is 9.40. The average molecular weight is 425 g/mol. The summed E-state index contributed by atoms with van der Waals surface area (Å²) in [6, 6.07) is 6.62. The fourth-order valence-electron chi connectivity index (χ4n) is 3.03. The van der Waals surface area contributed by atoms with Crippen LogP contribution < -0.4 is 26.8 Å². The topological polar surface area (TPSA) is 158 Å². The van der Waals surface area contributed by atoms with Crippen molar-refractivity contribution in [2.24, 2.45) is 10.9 Å². The number of hydrogen-bond acceptors (Lipinski definition) is 9. The number of pyridine rings is 1. The largest absolute Gasteiger partial charge is 0.492 e. The Morgan fingerprint density at radius 3 is 2.73 bits per heavy atom. The molecule has 1 aliphatic rings. The lowest BCUT2D eigenvalue weighted by Crippen LogP contribution is -2.32. The number of nitrogen functional groups attached to an aromatic ring is 2. The van der Waals surface area contributed by atoms with Gasteiger partial charge in [-0.25, -0.2) is 9.98 Å². The third-order valence-electron chi connectivity index (χ3n) is 4.58. The number of nitrogens with one attached hydrogen (secondary N) is 2. The molecule has 30 heavy (non-hydrogen) atoms. The van der Waals surface area contributed by atoms with Gasteiger partial charge >= 0.3 is 0 Å². The molecule has 0 fully saturated rings. The number of ether oxygens (including phenoxy) is 1. The van der Waals surface area contributed by atoms with Crippen LogP contribution in [0.15, 0.2) is 23.2 Å². The lowest BCUT2D eigenvalue weighted by atomic mass is 9.95. The Kier molecular flexibility index (Phi) is 6.14. The third-order valence-corrected chi connectivity index (χ3v) is 4.88. The molecular weight excluding hydrogens is 404 g/mol.